The van der Waals surface area contributed by atoms with Crippen LogP contribution in [-0.2, 0) is 5.34 Å². The summed E-state index contributed by atoms with van der Waals surface area (Å²) < 4.78 is 7.89. The molecule has 0 amide bonds. The van der Waals surface area contributed by atoms with Crippen molar-refractivity contribution in [1.82, 2.24) is 9.55 Å². The second kappa shape index (κ2) is 6.79. The van der Waals surface area contributed by atoms with E-state index in [9.17, 15) is 0 Å². The summed E-state index contributed by atoms with van der Waals surface area (Å²) in [4.78, 5) is 4.92. The number of halogens is 1. The van der Waals surface area contributed by atoms with Crippen molar-refractivity contribution in [1.29, 1.82) is 0 Å². The molecule has 0 aliphatic carbocycles. The van der Waals surface area contributed by atoms with Gasteiger partial charge in [-0.1, -0.05) is 27.1 Å². The summed E-state index contributed by atoms with van der Waals surface area (Å²) in [5.41, 5.74) is 7.30. The number of aromatic nitrogens is 2. The van der Waals surface area contributed by atoms with Crippen LogP contribution in [0.4, 0.5) is 0 Å². The molecule has 0 atom stereocenters. The molecular weight excluding hydrogens is 332 g/mol. The Morgan fingerprint density at radius 2 is 1.42 bits per heavy atom. The maximum absolute atomic E-state index is 6.86. The summed E-state index contributed by atoms with van der Waals surface area (Å²) in [6, 6.07) is 0.678. The number of alkyl halides is 1. The number of ether oxygens (including phenoxy) is 1. The normalized spacial score (nSPS) is 13.2. The van der Waals surface area contributed by atoms with Gasteiger partial charge in [-0.2, -0.15) is 4.98 Å². The average molecular weight is 357 g/mol. The molecule has 0 bridgehead atoms. The van der Waals surface area contributed by atoms with Crippen molar-refractivity contribution < 1.29 is 4.74 Å². The summed E-state index contributed by atoms with van der Waals surface area (Å²) in [5, 5.41) is -0.531. The van der Waals surface area contributed by atoms with Crippen LogP contribution < -0.4 is 26.6 Å². The van der Waals surface area contributed by atoms with Crippen LogP contribution in [0.3, 0.4) is 0 Å². The van der Waals surface area contributed by atoms with Crippen LogP contribution in [0.15, 0.2) is 0 Å². The Hall–Kier alpha value is -0.571. The van der Waals surface area contributed by atoms with Crippen LogP contribution >= 0.6 is 11.6 Å². The zero-order valence-electron chi connectivity index (χ0n) is 18.4. The lowest BCUT2D eigenvalue weighted by atomic mass is 9.25. The molecule has 0 radical (unpaired) electrons. The van der Waals surface area contributed by atoms with Gasteiger partial charge in [-0.25, -0.2) is 0 Å². The fourth-order valence-electron chi connectivity index (χ4n) is 3.68. The summed E-state index contributed by atoms with van der Waals surface area (Å²) in [7, 11) is 21.8. The van der Waals surface area contributed by atoms with Crippen LogP contribution in [0.1, 0.15) is 6.92 Å². The first-order valence-electron chi connectivity index (χ1n) is 9.51. The van der Waals surface area contributed by atoms with Gasteiger partial charge in [0.15, 0.2) is 0 Å². The van der Waals surface area contributed by atoms with Crippen molar-refractivity contribution in [2.24, 2.45) is 0 Å². The van der Waals surface area contributed by atoms with Crippen molar-refractivity contribution in [3.8, 4) is 6.01 Å². The Labute approximate surface area is 172 Å². The number of fused-ring (bicyclic) bond motifs is 1. The zero-order chi connectivity index (χ0) is 20.2. The summed E-state index contributed by atoms with van der Waals surface area (Å²) in [6.07, 6.45) is 0. The zero-order valence-corrected chi connectivity index (χ0v) is 19.1. The molecule has 0 aliphatic rings. The molecule has 1 aromatic heterocycles. The molecule has 2 rings (SSSR count). The number of hydrogen-bond donors (Lipinski definition) is 0. The maximum atomic E-state index is 6.86. The van der Waals surface area contributed by atoms with E-state index in [-0.39, 0.29) is 10.6 Å². The lowest BCUT2D eigenvalue weighted by Crippen LogP contribution is -2.59. The lowest BCUT2D eigenvalue weighted by molar-refractivity contribution is 0.288. The van der Waals surface area contributed by atoms with E-state index in [1.165, 1.54) is 21.9 Å². The monoisotopic (exact) mass is 358 g/mol. The minimum Gasteiger partial charge on any atom is -0.465 e. The van der Waals surface area contributed by atoms with Crippen LogP contribution in [0.2, 0.25) is 5.21 Å². The van der Waals surface area contributed by atoms with Crippen molar-refractivity contribution >= 4 is 123 Å². The third kappa shape index (κ3) is 3.02. The van der Waals surface area contributed by atoms with Gasteiger partial charge in [0.2, 0.25) is 0 Å². The van der Waals surface area contributed by atoms with Gasteiger partial charge >= 0.3 is 0 Å². The topological polar surface area (TPSA) is 27.1 Å². The van der Waals surface area contributed by atoms with Crippen molar-refractivity contribution in [3.63, 3.8) is 0 Å². The van der Waals surface area contributed by atoms with Gasteiger partial charge < -0.3 is 9.30 Å². The highest BCUT2D eigenvalue weighted by atomic mass is 35.5. The summed E-state index contributed by atoms with van der Waals surface area (Å²) >= 11 is 6.86. The molecule has 14 heteroatoms. The SMILES string of the molecule is Bc1c(B)c(B)c2c(nc(OCC)n2C(B)(B)C(B)(B)C(B)(B)Cl)c1B. The highest BCUT2D eigenvalue weighted by Crippen LogP contribution is 2.46. The van der Waals surface area contributed by atoms with Gasteiger partial charge in [-0.3, -0.25) is 0 Å². The molecular formula is C12H25B10ClN2O. The molecule has 1 heterocycles. The highest BCUT2D eigenvalue weighted by molar-refractivity contribution is 6.72. The number of rotatable bonds is 5. The predicted octanol–water partition coefficient (Wildman–Crippen LogP) is -10.1. The largest absolute Gasteiger partial charge is 0.465 e. The molecule has 0 fully saturated rings. The third-order valence-electron chi connectivity index (χ3n) is 7.09. The number of imidazole rings is 1. The Balaban J connectivity index is 3.00. The summed E-state index contributed by atoms with van der Waals surface area (Å²) in [6.45, 7) is 2.59. The van der Waals surface area contributed by atoms with E-state index in [1.54, 1.807) is 0 Å². The van der Waals surface area contributed by atoms with Crippen molar-refractivity contribution in [3.05, 3.63) is 0 Å². The van der Waals surface area contributed by atoms with Crippen LogP contribution in [0.25, 0.3) is 11.0 Å². The van der Waals surface area contributed by atoms with Gasteiger partial charge in [0.1, 0.15) is 78.5 Å². The Morgan fingerprint density at radius 1 is 0.923 bits per heavy atom. The quantitative estimate of drug-likeness (QED) is 0.393. The van der Waals surface area contributed by atoms with E-state index < -0.39 is 4.67 Å². The second-order valence-electron chi connectivity index (χ2n) is 9.02. The van der Waals surface area contributed by atoms with E-state index in [0.717, 1.165) is 11.0 Å². The Kier molecular flexibility index (Phi) is 5.68. The molecule has 0 unspecified atom stereocenters. The number of benzene rings is 1. The van der Waals surface area contributed by atoms with Gasteiger partial charge in [0.05, 0.1) is 17.6 Å². The van der Waals surface area contributed by atoms with E-state index in [1.807, 2.05) is 6.92 Å². The molecule has 0 N–H and O–H groups in total. The van der Waals surface area contributed by atoms with Gasteiger partial charge in [-0.15, -0.1) is 11.6 Å². The van der Waals surface area contributed by atoms with E-state index in [0.29, 0.717) is 12.6 Å². The molecule has 2 aromatic rings. The van der Waals surface area contributed by atoms with Crippen LogP contribution in [-0.4, -0.2) is 99.3 Å². The molecule has 126 valence electrons. The summed E-state index contributed by atoms with van der Waals surface area (Å²) in [5.74, 6) is 0. The van der Waals surface area contributed by atoms with Gasteiger partial charge in [0.25, 0.3) is 6.01 Å². The molecule has 26 heavy (non-hydrogen) atoms. The fourth-order valence-corrected chi connectivity index (χ4v) is 3.91. The second-order valence-corrected chi connectivity index (χ2v) is 9.96. The lowest BCUT2D eigenvalue weighted by Gasteiger charge is -2.52. The predicted molar refractivity (Wildman–Crippen MR) is 144 cm³/mol. The first-order chi connectivity index (χ1) is 11.7. The van der Waals surface area contributed by atoms with E-state index >= 15 is 0 Å². The maximum Gasteiger partial charge on any atom is 0.296 e. The molecule has 0 saturated heterocycles. The van der Waals surface area contributed by atoms with Crippen molar-refractivity contribution in [2.75, 3.05) is 6.61 Å². The van der Waals surface area contributed by atoms with Crippen LogP contribution in [0.5, 0.6) is 6.01 Å². The Bertz CT molecular complexity index is 860. The molecule has 1 aromatic carbocycles. The minimum absolute atomic E-state index is 0.222. The molecule has 0 saturated carbocycles. The van der Waals surface area contributed by atoms with Gasteiger partial charge in [-0.05, 0) is 16.9 Å². The molecule has 3 nitrogen and oxygen atoms in total. The smallest absolute Gasteiger partial charge is 0.296 e. The molecule has 0 spiro atoms. The fraction of sp³-hybridized carbons (Fsp3) is 0.417. The molecule has 0 aliphatic heterocycles. The first-order valence-corrected chi connectivity index (χ1v) is 9.88. The number of nitrogens with zero attached hydrogens (tertiary/aromatic N) is 2. The number of hydrogen-bond acceptors (Lipinski definition) is 2. The van der Waals surface area contributed by atoms with Crippen molar-refractivity contribution in [2.45, 2.75) is 22.1 Å². The Morgan fingerprint density at radius 3 is 1.88 bits per heavy atom. The highest BCUT2D eigenvalue weighted by Gasteiger charge is 2.48. The standard InChI is InChI=1S/C12H25B10ClN2O/c1-2-26-9-24-7-5(15)3(13)4(14)6(16)8(7)25(9)12(21,22)10(17,18)11(19,20)23/h2,13-22H2,1H3. The van der Waals surface area contributed by atoms with E-state index in [4.69, 9.17) is 21.3 Å². The third-order valence-corrected chi connectivity index (χ3v) is 7.57. The minimum atomic E-state index is -0.404. The van der Waals surface area contributed by atoms with Crippen LogP contribution in [0, 0.1) is 0 Å². The van der Waals surface area contributed by atoms with Gasteiger partial charge in [0, 0.05) is 0 Å². The average Bonchev–Trinajstić information content (AvgIpc) is 2.90. The first kappa shape index (κ1) is 21.7. The van der Waals surface area contributed by atoms with E-state index in [2.05, 4.69) is 83.0 Å².